The van der Waals surface area contributed by atoms with Crippen molar-refractivity contribution in [2.24, 2.45) is 5.92 Å². The second-order valence-corrected chi connectivity index (χ2v) is 11.5. The maximum absolute atomic E-state index is 13.4. The molecule has 0 aliphatic heterocycles. The van der Waals surface area contributed by atoms with Crippen LogP contribution in [-0.2, 0) is 26.2 Å². The molecule has 10 heteroatoms. The third-order valence-electron chi connectivity index (χ3n) is 5.58. The van der Waals surface area contributed by atoms with Gasteiger partial charge in [-0.25, -0.2) is 12.8 Å². The summed E-state index contributed by atoms with van der Waals surface area (Å²) in [6.45, 7) is 6.49. The lowest BCUT2D eigenvalue weighted by molar-refractivity contribution is -0.141. The van der Waals surface area contributed by atoms with Gasteiger partial charge in [0.05, 0.1) is 11.9 Å². The molecule has 198 valence electrons. The number of rotatable bonds is 13. The number of hydrogen-bond acceptors (Lipinski definition) is 4. The fourth-order valence-electron chi connectivity index (χ4n) is 3.76. The van der Waals surface area contributed by atoms with E-state index in [1.807, 2.05) is 20.8 Å². The van der Waals surface area contributed by atoms with Crippen LogP contribution in [0.25, 0.3) is 0 Å². The lowest BCUT2D eigenvalue weighted by Gasteiger charge is -2.31. The Morgan fingerprint density at radius 2 is 1.78 bits per heavy atom. The molecule has 1 N–H and O–H groups in total. The average Bonchev–Trinajstić information content (AvgIpc) is 2.80. The van der Waals surface area contributed by atoms with Crippen molar-refractivity contribution in [2.75, 3.05) is 23.7 Å². The van der Waals surface area contributed by atoms with Gasteiger partial charge in [0, 0.05) is 31.1 Å². The largest absolute Gasteiger partial charge is 0.354 e. The molecule has 0 unspecified atom stereocenters. The Morgan fingerprint density at radius 1 is 1.11 bits per heavy atom. The van der Waals surface area contributed by atoms with Crippen LogP contribution in [0.15, 0.2) is 48.5 Å². The van der Waals surface area contributed by atoms with E-state index in [-0.39, 0.29) is 49.5 Å². The summed E-state index contributed by atoms with van der Waals surface area (Å²) in [6.07, 6.45) is 1.77. The molecule has 0 saturated heterocycles. The van der Waals surface area contributed by atoms with Crippen LogP contribution in [0.5, 0.6) is 0 Å². The smallest absolute Gasteiger partial charge is 0.242 e. The Hall–Kier alpha value is -2.65. The highest BCUT2D eigenvalue weighted by Gasteiger charge is 2.29. The maximum atomic E-state index is 13.4. The molecular weight excluding hydrogens is 505 g/mol. The molecule has 0 aromatic heterocycles. The molecule has 0 aliphatic carbocycles. The first-order valence-electron chi connectivity index (χ1n) is 12.0. The number of nitrogens with zero attached hydrogens (tertiary/aromatic N) is 2. The van der Waals surface area contributed by atoms with Crippen LogP contribution in [0.1, 0.15) is 45.6 Å². The maximum Gasteiger partial charge on any atom is 0.242 e. The molecule has 1 atom stereocenters. The number of benzene rings is 2. The number of carbonyl (C=O) groups excluding carboxylic acids is 2. The van der Waals surface area contributed by atoms with E-state index in [0.717, 1.165) is 6.26 Å². The van der Waals surface area contributed by atoms with Crippen molar-refractivity contribution in [1.29, 1.82) is 0 Å². The van der Waals surface area contributed by atoms with Crippen LogP contribution in [0.4, 0.5) is 10.1 Å². The summed E-state index contributed by atoms with van der Waals surface area (Å²) < 4.78 is 39.4. The van der Waals surface area contributed by atoms with Crippen LogP contribution < -0.4 is 9.62 Å². The fraction of sp³-hybridized carbons (Fsp3) is 0.462. The van der Waals surface area contributed by atoms with Gasteiger partial charge in [-0.2, -0.15) is 0 Å². The van der Waals surface area contributed by atoms with E-state index in [4.69, 9.17) is 11.6 Å². The quantitative estimate of drug-likeness (QED) is 0.403. The third-order valence-corrected chi connectivity index (χ3v) is 7.01. The van der Waals surface area contributed by atoms with Crippen LogP contribution in [0, 0.1) is 11.7 Å². The molecule has 2 aromatic rings. The van der Waals surface area contributed by atoms with Crippen LogP contribution in [0.3, 0.4) is 0 Å². The highest BCUT2D eigenvalue weighted by Crippen LogP contribution is 2.23. The number of nitrogens with one attached hydrogen (secondary N) is 1. The van der Waals surface area contributed by atoms with E-state index < -0.39 is 16.1 Å². The van der Waals surface area contributed by atoms with Gasteiger partial charge in [-0.3, -0.25) is 13.9 Å². The Kier molecular flexibility index (Phi) is 11.2. The van der Waals surface area contributed by atoms with Crippen molar-refractivity contribution in [2.45, 2.75) is 52.6 Å². The van der Waals surface area contributed by atoms with Crippen molar-refractivity contribution in [3.05, 3.63) is 64.9 Å². The van der Waals surface area contributed by atoms with Gasteiger partial charge in [-0.05, 0) is 54.7 Å². The first-order valence-corrected chi connectivity index (χ1v) is 14.2. The Bertz CT molecular complexity index is 1130. The minimum Gasteiger partial charge on any atom is -0.354 e. The van der Waals surface area contributed by atoms with E-state index in [1.165, 1.54) is 21.3 Å². The second kappa shape index (κ2) is 13.6. The molecule has 0 spiro atoms. The van der Waals surface area contributed by atoms with Crippen molar-refractivity contribution >= 4 is 39.1 Å². The van der Waals surface area contributed by atoms with Crippen molar-refractivity contribution in [1.82, 2.24) is 10.2 Å². The predicted molar refractivity (Wildman–Crippen MR) is 142 cm³/mol. The van der Waals surface area contributed by atoms with Gasteiger partial charge in [0.15, 0.2) is 0 Å². The van der Waals surface area contributed by atoms with Crippen LogP contribution >= 0.6 is 11.6 Å². The van der Waals surface area contributed by atoms with Crippen molar-refractivity contribution in [3.8, 4) is 0 Å². The fourth-order valence-corrected chi connectivity index (χ4v) is 4.91. The van der Waals surface area contributed by atoms with Crippen molar-refractivity contribution in [3.63, 3.8) is 0 Å². The summed E-state index contributed by atoms with van der Waals surface area (Å²) in [4.78, 5) is 27.8. The Balaban J connectivity index is 2.20. The van der Waals surface area contributed by atoms with E-state index in [9.17, 15) is 22.4 Å². The standard InChI is InChI=1S/C26H35ClFN3O4S/c1-5-24(26(33)29-17-19(2)3)30(18-20-11-13-22(28)14-12-20)25(32)10-7-15-31(36(4,34)35)23-9-6-8-21(27)16-23/h6,8-9,11-14,16,19,24H,5,7,10,15,17-18H2,1-4H3,(H,29,33)/t24-/m0/s1. The lowest BCUT2D eigenvalue weighted by atomic mass is 10.1. The zero-order valence-corrected chi connectivity index (χ0v) is 22.8. The predicted octanol–water partition coefficient (Wildman–Crippen LogP) is 4.60. The molecular formula is C26H35ClFN3O4S. The number of hydrogen-bond donors (Lipinski definition) is 1. The van der Waals surface area contributed by atoms with Gasteiger partial charge in [-0.1, -0.05) is 50.6 Å². The minimum atomic E-state index is -3.61. The molecule has 7 nitrogen and oxygen atoms in total. The number of amides is 2. The molecule has 36 heavy (non-hydrogen) atoms. The zero-order chi connectivity index (χ0) is 26.9. The topological polar surface area (TPSA) is 86.8 Å². The number of sulfonamides is 1. The number of carbonyl (C=O) groups is 2. The van der Waals surface area contributed by atoms with E-state index >= 15 is 0 Å². The van der Waals surface area contributed by atoms with Crippen molar-refractivity contribution < 1.29 is 22.4 Å². The normalized spacial score (nSPS) is 12.3. The molecule has 0 fully saturated rings. The summed E-state index contributed by atoms with van der Waals surface area (Å²) in [5, 5.41) is 3.30. The molecule has 0 radical (unpaired) electrons. The van der Waals surface area contributed by atoms with Gasteiger partial charge < -0.3 is 10.2 Å². The van der Waals surface area contributed by atoms with Gasteiger partial charge >= 0.3 is 0 Å². The Morgan fingerprint density at radius 3 is 2.33 bits per heavy atom. The van der Waals surface area contributed by atoms with Crippen LogP contribution in [0.2, 0.25) is 5.02 Å². The van der Waals surface area contributed by atoms with Gasteiger partial charge in [0.2, 0.25) is 21.8 Å². The highest BCUT2D eigenvalue weighted by atomic mass is 35.5. The monoisotopic (exact) mass is 539 g/mol. The minimum absolute atomic E-state index is 0.0295. The van der Waals surface area contributed by atoms with Crippen LogP contribution in [-0.4, -0.2) is 50.5 Å². The highest BCUT2D eigenvalue weighted by molar-refractivity contribution is 7.92. The molecule has 0 saturated carbocycles. The SMILES string of the molecule is CC[C@@H](C(=O)NCC(C)C)N(Cc1ccc(F)cc1)C(=O)CCCN(c1cccc(Cl)c1)S(C)(=O)=O. The molecule has 0 aliphatic rings. The average molecular weight is 540 g/mol. The summed E-state index contributed by atoms with van der Waals surface area (Å²) >= 11 is 6.03. The summed E-state index contributed by atoms with van der Waals surface area (Å²) in [7, 11) is -3.61. The third kappa shape index (κ3) is 9.09. The zero-order valence-electron chi connectivity index (χ0n) is 21.2. The number of anilines is 1. The summed E-state index contributed by atoms with van der Waals surface area (Å²) in [5.41, 5.74) is 1.11. The van der Waals surface area contributed by atoms with Gasteiger partial charge in [-0.15, -0.1) is 0 Å². The summed E-state index contributed by atoms with van der Waals surface area (Å²) in [5.74, 6) is -0.676. The van der Waals surface area contributed by atoms with E-state index in [0.29, 0.717) is 29.2 Å². The first kappa shape index (κ1) is 29.6. The Labute approximate surface area is 218 Å². The molecule has 0 heterocycles. The second-order valence-electron chi connectivity index (χ2n) is 9.13. The molecule has 2 rings (SSSR count). The van der Waals surface area contributed by atoms with E-state index in [2.05, 4.69) is 5.32 Å². The molecule has 0 bridgehead atoms. The summed E-state index contributed by atoms with van der Waals surface area (Å²) in [6, 6.07) is 11.6. The number of halogens is 2. The van der Waals surface area contributed by atoms with Gasteiger partial charge in [0.1, 0.15) is 11.9 Å². The first-order chi connectivity index (χ1) is 16.9. The molecule has 2 aromatic carbocycles. The van der Waals surface area contributed by atoms with Gasteiger partial charge in [0.25, 0.3) is 0 Å². The van der Waals surface area contributed by atoms with E-state index in [1.54, 1.807) is 36.4 Å². The molecule has 2 amide bonds. The lowest BCUT2D eigenvalue weighted by Crippen LogP contribution is -2.49.